The molecule has 11 heavy (non-hydrogen) atoms. The summed E-state index contributed by atoms with van der Waals surface area (Å²) >= 11 is 0. The number of hydrogen-bond acceptors (Lipinski definition) is 3. The van der Waals surface area contributed by atoms with E-state index in [0.29, 0.717) is 29.4 Å². The summed E-state index contributed by atoms with van der Waals surface area (Å²) in [6, 6.07) is 0.299. The van der Waals surface area contributed by atoms with Crippen LogP contribution in [0.5, 0.6) is 0 Å². The minimum atomic E-state index is -2.68. The van der Waals surface area contributed by atoms with Crippen molar-refractivity contribution in [2.45, 2.75) is 18.9 Å². The highest BCUT2D eigenvalue weighted by atomic mass is 32.2. The largest absolute Gasteiger partial charge is 0.327 e. The highest BCUT2D eigenvalue weighted by molar-refractivity contribution is 7.91. The Hall–Kier alpha value is -0.0900. The van der Waals surface area contributed by atoms with Gasteiger partial charge in [-0.15, -0.1) is 0 Å². The van der Waals surface area contributed by atoms with Crippen LogP contribution < -0.4 is 5.73 Å². The lowest BCUT2D eigenvalue weighted by Gasteiger charge is -2.02. The van der Waals surface area contributed by atoms with Crippen molar-refractivity contribution in [2.75, 3.05) is 11.5 Å². The topological polar surface area (TPSA) is 60.2 Å². The lowest BCUT2D eigenvalue weighted by atomic mass is 10.0. The van der Waals surface area contributed by atoms with Crippen LogP contribution in [0.4, 0.5) is 0 Å². The molecule has 0 spiro atoms. The van der Waals surface area contributed by atoms with Gasteiger partial charge in [0.25, 0.3) is 0 Å². The fourth-order valence-corrected chi connectivity index (χ4v) is 3.83. The molecule has 4 heteroatoms. The zero-order valence-corrected chi connectivity index (χ0v) is 7.18. The summed E-state index contributed by atoms with van der Waals surface area (Å²) in [5.41, 5.74) is 5.64. The molecule has 64 valence electrons. The molecule has 1 unspecified atom stereocenters. The molecule has 1 saturated carbocycles. The van der Waals surface area contributed by atoms with E-state index in [9.17, 15) is 8.42 Å². The summed E-state index contributed by atoms with van der Waals surface area (Å²) in [7, 11) is -2.68. The van der Waals surface area contributed by atoms with Crippen molar-refractivity contribution in [1.82, 2.24) is 0 Å². The van der Waals surface area contributed by atoms with Crippen molar-refractivity contribution in [3.63, 3.8) is 0 Å². The molecule has 1 aliphatic heterocycles. The van der Waals surface area contributed by atoms with Gasteiger partial charge < -0.3 is 5.73 Å². The second-order valence-electron chi connectivity index (χ2n) is 3.73. The molecule has 0 bridgehead atoms. The number of hydrogen-bond donors (Lipinski definition) is 1. The third kappa shape index (κ3) is 1.42. The van der Waals surface area contributed by atoms with Gasteiger partial charge in [0, 0.05) is 6.04 Å². The number of nitrogens with two attached hydrogens (primary N) is 1. The second kappa shape index (κ2) is 2.20. The lowest BCUT2D eigenvalue weighted by molar-refractivity contribution is 0.507. The molecule has 0 amide bonds. The first-order valence-corrected chi connectivity index (χ1v) is 5.87. The SMILES string of the molecule is N[C@@H]1C[C@H]1C1CCS(=O)(=O)C1. The Labute approximate surface area is 66.9 Å². The van der Waals surface area contributed by atoms with E-state index in [1.165, 1.54) is 0 Å². The average Bonchev–Trinajstić information content (AvgIpc) is 2.49. The van der Waals surface area contributed by atoms with Crippen molar-refractivity contribution in [1.29, 1.82) is 0 Å². The Kier molecular flexibility index (Phi) is 1.51. The molecule has 2 fully saturated rings. The Morgan fingerprint density at radius 1 is 1.36 bits per heavy atom. The van der Waals surface area contributed by atoms with Gasteiger partial charge in [0.2, 0.25) is 0 Å². The molecule has 0 aromatic rings. The van der Waals surface area contributed by atoms with Crippen LogP contribution in [0.25, 0.3) is 0 Å². The molecule has 0 aromatic carbocycles. The fraction of sp³-hybridized carbons (Fsp3) is 1.00. The quantitative estimate of drug-likeness (QED) is 0.598. The summed E-state index contributed by atoms with van der Waals surface area (Å²) in [5, 5.41) is 0. The smallest absolute Gasteiger partial charge is 0.150 e. The third-order valence-corrected chi connectivity index (χ3v) is 4.56. The summed E-state index contributed by atoms with van der Waals surface area (Å²) in [6.07, 6.45) is 1.89. The Bertz CT molecular complexity index is 260. The monoisotopic (exact) mass is 175 g/mol. The first-order chi connectivity index (χ1) is 5.08. The van der Waals surface area contributed by atoms with Gasteiger partial charge in [-0.2, -0.15) is 0 Å². The van der Waals surface area contributed by atoms with E-state index in [1.807, 2.05) is 0 Å². The molecule has 1 heterocycles. The van der Waals surface area contributed by atoms with Crippen LogP contribution in [0.2, 0.25) is 0 Å². The average molecular weight is 175 g/mol. The van der Waals surface area contributed by atoms with Gasteiger partial charge >= 0.3 is 0 Å². The molecule has 1 saturated heterocycles. The molecule has 3 atom stereocenters. The molecule has 1 aliphatic carbocycles. The van der Waals surface area contributed by atoms with Crippen molar-refractivity contribution in [2.24, 2.45) is 17.6 Å². The van der Waals surface area contributed by atoms with Crippen LogP contribution in [-0.2, 0) is 9.84 Å². The van der Waals surface area contributed by atoms with Crippen LogP contribution in [0.3, 0.4) is 0 Å². The molecule has 2 N–H and O–H groups in total. The van der Waals surface area contributed by atoms with E-state index >= 15 is 0 Å². The molecule has 2 aliphatic rings. The molecular weight excluding hydrogens is 162 g/mol. The van der Waals surface area contributed by atoms with Crippen molar-refractivity contribution >= 4 is 9.84 Å². The fourth-order valence-electron chi connectivity index (χ4n) is 1.94. The van der Waals surface area contributed by atoms with Gasteiger partial charge in [-0.3, -0.25) is 0 Å². The van der Waals surface area contributed by atoms with Gasteiger partial charge in [-0.1, -0.05) is 0 Å². The Morgan fingerprint density at radius 2 is 2.00 bits per heavy atom. The van der Waals surface area contributed by atoms with Crippen LogP contribution in [0.1, 0.15) is 12.8 Å². The summed E-state index contributed by atoms with van der Waals surface area (Å²) in [6.45, 7) is 0. The van der Waals surface area contributed by atoms with Crippen molar-refractivity contribution < 1.29 is 8.42 Å². The third-order valence-electron chi connectivity index (χ3n) is 2.76. The van der Waals surface area contributed by atoms with E-state index in [0.717, 1.165) is 12.8 Å². The second-order valence-corrected chi connectivity index (χ2v) is 5.96. The van der Waals surface area contributed by atoms with E-state index < -0.39 is 9.84 Å². The minimum absolute atomic E-state index is 0.299. The first kappa shape index (κ1) is 7.55. The van der Waals surface area contributed by atoms with Gasteiger partial charge in [-0.05, 0) is 24.7 Å². The van der Waals surface area contributed by atoms with Gasteiger partial charge in [0.15, 0.2) is 9.84 Å². The van der Waals surface area contributed by atoms with Crippen LogP contribution >= 0.6 is 0 Å². The maximum absolute atomic E-state index is 11.0. The number of rotatable bonds is 1. The lowest BCUT2D eigenvalue weighted by Crippen LogP contribution is -2.12. The molecule has 2 rings (SSSR count). The Balaban J connectivity index is 2.01. The van der Waals surface area contributed by atoms with E-state index in [4.69, 9.17) is 5.73 Å². The predicted octanol–water partition coefficient (Wildman–Crippen LogP) is -0.232. The zero-order chi connectivity index (χ0) is 8.06. The van der Waals surface area contributed by atoms with Gasteiger partial charge in [0.1, 0.15) is 0 Å². The minimum Gasteiger partial charge on any atom is -0.327 e. The molecule has 0 aromatic heterocycles. The van der Waals surface area contributed by atoms with Crippen LogP contribution in [0, 0.1) is 11.8 Å². The summed E-state index contributed by atoms with van der Waals surface area (Å²) in [5.74, 6) is 1.69. The van der Waals surface area contributed by atoms with E-state index in [-0.39, 0.29) is 0 Å². The molecular formula is C7H13NO2S. The zero-order valence-electron chi connectivity index (χ0n) is 6.36. The highest BCUT2D eigenvalue weighted by Gasteiger charge is 2.44. The summed E-state index contributed by atoms with van der Waals surface area (Å²) in [4.78, 5) is 0. The van der Waals surface area contributed by atoms with Crippen LogP contribution in [0.15, 0.2) is 0 Å². The van der Waals surface area contributed by atoms with Crippen molar-refractivity contribution in [3.05, 3.63) is 0 Å². The molecule has 3 nitrogen and oxygen atoms in total. The standard InChI is InChI=1S/C7H13NO2S/c8-7-3-6(7)5-1-2-11(9,10)4-5/h5-7H,1-4,8H2/t5?,6-,7+/m0/s1. The Morgan fingerprint density at radius 3 is 2.36 bits per heavy atom. The van der Waals surface area contributed by atoms with Crippen molar-refractivity contribution in [3.8, 4) is 0 Å². The van der Waals surface area contributed by atoms with Crippen LogP contribution in [-0.4, -0.2) is 26.0 Å². The predicted molar refractivity (Wildman–Crippen MR) is 42.8 cm³/mol. The normalized spacial score (nSPS) is 47.5. The highest BCUT2D eigenvalue weighted by Crippen LogP contribution is 2.40. The van der Waals surface area contributed by atoms with E-state index in [1.54, 1.807) is 0 Å². The first-order valence-electron chi connectivity index (χ1n) is 4.04. The molecule has 0 radical (unpaired) electrons. The van der Waals surface area contributed by atoms with Gasteiger partial charge in [0.05, 0.1) is 11.5 Å². The maximum atomic E-state index is 11.0. The van der Waals surface area contributed by atoms with Gasteiger partial charge in [-0.25, -0.2) is 8.42 Å². The maximum Gasteiger partial charge on any atom is 0.150 e. The van der Waals surface area contributed by atoms with E-state index in [2.05, 4.69) is 0 Å². The summed E-state index contributed by atoms with van der Waals surface area (Å²) < 4.78 is 22.1. The number of sulfone groups is 1.